The second-order valence-electron chi connectivity index (χ2n) is 8.70. The summed E-state index contributed by atoms with van der Waals surface area (Å²) in [5.74, 6) is -0.184. The molecule has 0 amide bonds. The Bertz CT molecular complexity index is 1550. The monoisotopic (exact) mass is 668 g/mol. The van der Waals surface area contributed by atoms with E-state index in [1.54, 1.807) is 6.20 Å². The van der Waals surface area contributed by atoms with E-state index < -0.39 is 20.9 Å². The van der Waals surface area contributed by atoms with Gasteiger partial charge in [0.1, 0.15) is 22.6 Å². The molecule has 214 valence electrons. The summed E-state index contributed by atoms with van der Waals surface area (Å²) >= 11 is 17.7. The lowest BCUT2D eigenvalue weighted by Gasteiger charge is -2.08. The predicted octanol–water partition coefficient (Wildman–Crippen LogP) is 9.11. The van der Waals surface area contributed by atoms with Gasteiger partial charge in [-0.15, -0.1) is 0 Å². The third-order valence-electron chi connectivity index (χ3n) is 5.19. The van der Waals surface area contributed by atoms with Gasteiger partial charge in [0.2, 0.25) is 9.23 Å². The second kappa shape index (κ2) is 15.7. The zero-order valence-corrected chi connectivity index (χ0v) is 26.1. The third-order valence-corrected chi connectivity index (χ3v) is 5.96. The van der Waals surface area contributed by atoms with Gasteiger partial charge in [-0.25, -0.2) is 27.9 Å². The van der Waals surface area contributed by atoms with Crippen LogP contribution >= 0.6 is 56.2 Å². The van der Waals surface area contributed by atoms with Gasteiger partial charge >= 0.3 is 0 Å². The average molecular weight is 671 g/mol. The lowest BCUT2D eigenvalue weighted by molar-refractivity contribution is 0.629. The van der Waals surface area contributed by atoms with E-state index in [4.69, 9.17) is 39.0 Å². The number of nitrogens with zero attached hydrogens (tertiary/aromatic N) is 3. The van der Waals surface area contributed by atoms with Crippen LogP contribution in [0.15, 0.2) is 53.6 Å². The first kappa shape index (κ1) is 34.1. The molecular formula is C26H23Cl5F2N4O2S. The van der Waals surface area contributed by atoms with Gasteiger partial charge in [-0.3, -0.25) is 4.79 Å². The molecule has 0 aliphatic rings. The molecule has 2 aromatic heterocycles. The number of H-pyrrole nitrogens is 1. The molecule has 40 heavy (non-hydrogen) atoms. The van der Waals surface area contributed by atoms with E-state index in [1.165, 1.54) is 42.6 Å². The minimum atomic E-state index is -1.67. The number of hydrogen-bond donors (Lipinski definition) is 1. The molecule has 1 N–H and O–H groups in total. The van der Waals surface area contributed by atoms with E-state index in [0.717, 1.165) is 5.56 Å². The van der Waals surface area contributed by atoms with E-state index in [-0.39, 0.29) is 40.2 Å². The van der Waals surface area contributed by atoms with Crippen LogP contribution in [0, 0.1) is 11.6 Å². The lowest BCUT2D eigenvalue weighted by atomic mass is 10.1. The third kappa shape index (κ3) is 10.0. The van der Waals surface area contributed by atoms with Gasteiger partial charge < -0.3 is 4.98 Å². The van der Waals surface area contributed by atoms with Crippen LogP contribution in [0.3, 0.4) is 0 Å². The fourth-order valence-electron chi connectivity index (χ4n) is 3.19. The molecular weight excluding hydrogens is 648 g/mol. The van der Waals surface area contributed by atoms with Crippen LogP contribution in [-0.4, -0.2) is 24.1 Å². The molecule has 0 atom stereocenters. The summed E-state index contributed by atoms with van der Waals surface area (Å²) < 4.78 is 36.4. The molecule has 14 heteroatoms. The first-order valence-electron chi connectivity index (χ1n) is 11.5. The van der Waals surface area contributed by atoms with Gasteiger partial charge in [0.05, 0.1) is 11.1 Å². The van der Waals surface area contributed by atoms with Crippen molar-refractivity contribution in [2.75, 3.05) is 0 Å². The summed E-state index contributed by atoms with van der Waals surface area (Å²) in [6.45, 7) is 7.77. The fraction of sp³-hybridized carbons (Fsp3) is 0.231. The van der Waals surface area contributed by atoms with Crippen LogP contribution in [0.1, 0.15) is 50.7 Å². The predicted molar refractivity (Wildman–Crippen MR) is 161 cm³/mol. The van der Waals surface area contributed by atoms with Crippen LogP contribution in [-0.2, 0) is 9.23 Å². The maximum Gasteiger partial charge on any atom is 0.254 e. The Morgan fingerprint density at radius 2 is 1.27 bits per heavy atom. The molecule has 0 aliphatic carbocycles. The smallest absolute Gasteiger partial charge is 0.254 e. The largest absolute Gasteiger partial charge is 0.306 e. The number of aromatic amines is 1. The Hall–Kier alpha value is -2.14. The highest BCUT2D eigenvalue weighted by molar-refractivity contribution is 8.26. The second-order valence-corrected chi connectivity index (χ2v) is 12.5. The highest BCUT2D eigenvalue weighted by Gasteiger charge is 2.14. The van der Waals surface area contributed by atoms with Crippen molar-refractivity contribution in [2.24, 2.45) is 0 Å². The molecule has 0 aliphatic heterocycles. The first-order valence-corrected chi connectivity index (χ1v) is 15.4. The van der Waals surface area contributed by atoms with Gasteiger partial charge in [0, 0.05) is 54.9 Å². The Morgan fingerprint density at radius 3 is 1.75 bits per heavy atom. The molecule has 0 saturated heterocycles. The summed E-state index contributed by atoms with van der Waals surface area (Å²) in [6, 6.07) is 8.37. The number of hydrogen-bond acceptors (Lipinski definition) is 5. The molecule has 0 radical (unpaired) electrons. The Labute approximate surface area is 256 Å². The summed E-state index contributed by atoms with van der Waals surface area (Å²) in [5.41, 5.74) is 1.59. The summed E-state index contributed by atoms with van der Waals surface area (Å²) in [7, 11) is 7.36. The van der Waals surface area contributed by atoms with Crippen LogP contribution in [0.5, 0.6) is 0 Å². The quantitative estimate of drug-likeness (QED) is 0.173. The zero-order chi connectivity index (χ0) is 30.1. The van der Waals surface area contributed by atoms with Crippen LogP contribution < -0.4 is 5.56 Å². The van der Waals surface area contributed by atoms with Gasteiger partial charge in [0.25, 0.3) is 5.56 Å². The van der Waals surface area contributed by atoms with Gasteiger partial charge in [-0.05, 0) is 48.2 Å². The molecule has 0 bridgehead atoms. The van der Waals surface area contributed by atoms with Gasteiger partial charge in [0.15, 0.2) is 5.82 Å². The van der Waals surface area contributed by atoms with E-state index in [1.807, 2.05) is 27.7 Å². The summed E-state index contributed by atoms with van der Waals surface area (Å²) in [5, 5.41) is 1.16. The van der Waals surface area contributed by atoms with E-state index in [0.29, 0.717) is 20.8 Å². The average Bonchev–Trinajstić information content (AvgIpc) is 2.86. The SMILES string of the molecule is CC(C)c1cnc(-c2cc(Cl)ccc2F)[nH]c1=O.CC(C)c1cnc(-c2cc(Cl)ccc2F)nc1Cl.O=S(Cl)Cl. The molecule has 0 fully saturated rings. The van der Waals surface area contributed by atoms with Crippen molar-refractivity contribution in [1.29, 1.82) is 0 Å². The van der Waals surface area contributed by atoms with Crippen molar-refractivity contribution >= 4 is 65.4 Å². The van der Waals surface area contributed by atoms with Crippen molar-refractivity contribution in [3.8, 4) is 22.8 Å². The number of rotatable bonds is 4. The molecule has 0 unspecified atom stereocenters. The van der Waals surface area contributed by atoms with Gasteiger partial charge in [-0.2, -0.15) is 0 Å². The van der Waals surface area contributed by atoms with Crippen LogP contribution in [0.25, 0.3) is 22.8 Å². The highest BCUT2D eigenvalue weighted by Crippen LogP contribution is 2.27. The number of aromatic nitrogens is 4. The lowest BCUT2D eigenvalue weighted by Crippen LogP contribution is -2.15. The minimum absolute atomic E-state index is 0.0690. The zero-order valence-electron chi connectivity index (χ0n) is 21.5. The molecule has 0 spiro atoms. The topological polar surface area (TPSA) is 88.6 Å². The number of benzene rings is 2. The molecule has 4 rings (SSSR count). The number of nitrogens with one attached hydrogen (secondary N) is 1. The summed E-state index contributed by atoms with van der Waals surface area (Å²) in [4.78, 5) is 26.7. The van der Waals surface area contributed by atoms with Crippen molar-refractivity contribution in [1.82, 2.24) is 19.9 Å². The van der Waals surface area contributed by atoms with Crippen molar-refractivity contribution in [3.05, 3.63) is 97.1 Å². The van der Waals surface area contributed by atoms with Crippen LogP contribution in [0.2, 0.25) is 15.2 Å². The molecule has 6 nitrogen and oxygen atoms in total. The van der Waals surface area contributed by atoms with Crippen molar-refractivity contribution < 1.29 is 13.0 Å². The maximum absolute atomic E-state index is 13.7. The van der Waals surface area contributed by atoms with Crippen molar-refractivity contribution in [2.45, 2.75) is 39.5 Å². The molecule has 4 aromatic rings. The van der Waals surface area contributed by atoms with Crippen LogP contribution in [0.4, 0.5) is 8.78 Å². The van der Waals surface area contributed by atoms with E-state index >= 15 is 0 Å². The normalized spacial score (nSPS) is 10.8. The van der Waals surface area contributed by atoms with Crippen molar-refractivity contribution in [3.63, 3.8) is 0 Å². The van der Waals surface area contributed by atoms with Gasteiger partial charge in [-0.1, -0.05) is 62.5 Å². The Morgan fingerprint density at radius 1 is 0.800 bits per heavy atom. The Kier molecular flexibility index (Phi) is 13.4. The standard InChI is InChI=1S/C13H11Cl2FN2.C13H12ClFN2O.Cl2OS/c1-7(2)10-6-17-13(18-12(10)15)9-5-8(14)3-4-11(9)16;1-7(2)10-6-16-12(17-13(10)18)9-5-8(14)3-4-11(9)15;1-4(2)3/h3-7H,1-2H3;3-7H,1-2H3,(H,16,17,18);. The maximum atomic E-state index is 13.7. The minimum Gasteiger partial charge on any atom is -0.306 e. The molecule has 2 aromatic carbocycles. The first-order chi connectivity index (χ1) is 18.7. The Balaban J connectivity index is 0.000000247. The van der Waals surface area contributed by atoms with E-state index in [2.05, 4.69) is 41.3 Å². The fourth-order valence-corrected chi connectivity index (χ4v) is 3.88. The summed E-state index contributed by atoms with van der Waals surface area (Å²) in [6.07, 6.45) is 3.09. The van der Waals surface area contributed by atoms with E-state index in [9.17, 15) is 13.6 Å². The molecule has 0 saturated carbocycles. The highest BCUT2D eigenvalue weighted by atomic mass is 36.0. The number of halogens is 7. The molecule has 2 heterocycles.